The molecular formula is C23H21FN2O2. The molecule has 1 N–H and O–H groups in total. The number of H-pyrrole nitrogens is 1. The van der Waals surface area contributed by atoms with Gasteiger partial charge in [0.25, 0.3) is 5.91 Å². The first kappa shape index (κ1) is 17.2. The van der Waals surface area contributed by atoms with Crippen molar-refractivity contribution >= 4 is 16.8 Å². The summed E-state index contributed by atoms with van der Waals surface area (Å²) in [5.74, 6) is 0.215. The van der Waals surface area contributed by atoms with Crippen molar-refractivity contribution in [2.45, 2.75) is 31.2 Å². The van der Waals surface area contributed by atoms with Gasteiger partial charge >= 0.3 is 0 Å². The summed E-state index contributed by atoms with van der Waals surface area (Å²) in [5.41, 5.74) is 1.60. The second kappa shape index (κ2) is 6.59. The molecule has 0 radical (unpaired) electrons. The third kappa shape index (κ3) is 2.73. The number of likely N-dealkylation sites (tertiary alicyclic amines) is 1. The Morgan fingerprint density at radius 1 is 1.07 bits per heavy atom. The average molecular weight is 376 g/mol. The summed E-state index contributed by atoms with van der Waals surface area (Å²) >= 11 is 0. The molecule has 2 aromatic carbocycles. The van der Waals surface area contributed by atoms with E-state index in [1.165, 1.54) is 23.8 Å². The lowest BCUT2D eigenvalue weighted by Crippen LogP contribution is -2.36. The monoisotopic (exact) mass is 376 g/mol. The molecule has 1 aliphatic heterocycles. The fraction of sp³-hybridized carbons (Fsp3) is 0.304. The summed E-state index contributed by atoms with van der Waals surface area (Å²) in [7, 11) is 0. The maximum absolute atomic E-state index is 13.6. The minimum Gasteiger partial charge on any atom is -0.335 e. The van der Waals surface area contributed by atoms with E-state index in [1.807, 2.05) is 23.1 Å². The van der Waals surface area contributed by atoms with Crippen molar-refractivity contribution in [3.8, 4) is 0 Å². The van der Waals surface area contributed by atoms with Crippen molar-refractivity contribution < 1.29 is 9.18 Å². The summed E-state index contributed by atoms with van der Waals surface area (Å²) in [4.78, 5) is 30.2. The van der Waals surface area contributed by atoms with Gasteiger partial charge in [-0.3, -0.25) is 9.59 Å². The number of hydrogen-bond donors (Lipinski definition) is 1. The number of nitrogens with zero attached hydrogens (tertiary/aromatic N) is 1. The number of halogens is 1. The van der Waals surface area contributed by atoms with Gasteiger partial charge in [-0.25, -0.2) is 4.39 Å². The van der Waals surface area contributed by atoms with Crippen molar-refractivity contribution in [3.05, 3.63) is 81.9 Å². The molecular weight excluding hydrogens is 355 g/mol. The number of fused-ring (bicyclic) bond motifs is 2. The zero-order chi connectivity index (χ0) is 19.3. The molecule has 2 heterocycles. The molecule has 1 saturated heterocycles. The zero-order valence-electron chi connectivity index (χ0n) is 15.4. The highest BCUT2D eigenvalue weighted by atomic mass is 19.1. The number of carbonyl (C=O) groups is 1. The average Bonchev–Trinajstić information content (AvgIpc) is 3.30. The first-order chi connectivity index (χ1) is 13.6. The van der Waals surface area contributed by atoms with E-state index in [0.717, 1.165) is 19.3 Å². The van der Waals surface area contributed by atoms with Gasteiger partial charge in [0.15, 0.2) is 0 Å². The molecule has 5 heteroatoms. The molecule has 1 aromatic heterocycles. The van der Waals surface area contributed by atoms with Gasteiger partial charge in [0.05, 0.1) is 11.1 Å². The second-order valence-electron chi connectivity index (χ2n) is 7.87. The molecule has 2 fully saturated rings. The number of hydrogen-bond acceptors (Lipinski definition) is 2. The molecule has 0 spiro atoms. The van der Waals surface area contributed by atoms with E-state index in [1.54, 1.807) is 6.07 Å². The summed E-state index contributed by atoms with van der Waals surface area (Å²) in [6.07, 6.45) is 3.23. The van der Waals surface area contributed by atoms with Gasteiger partial charge in [0, 0.05) is 30.0 Å². The lowest BCUT2D eigenvalue weighted by atomic mass is 9.87. The number of rotatable bonds is 2. The Bertz CT molecular complexity index is 1110. The SMILES string of the molecule is O=C(c1cc(=O)[nH]c2cc(F)ccc12)N1CC(c2ccccc2)C2CCCC21. The van der Waals surface area contributed by atoms with E-state index in [2.05, 4.69) is 17.1 Å². The molecule has 142 valence electrons. The fourth-order valence-corrected chi connectivity index (χ4v) is 5.16. The third-order valence-corrected chi connectivity index (χ3v) is 6.37. The molecule has 1 amide bonds. The second-order valence-corrected chi connectivity index (χ2v) is 7.87. The van der Waals surface area contributed by atoms with Crippen LogP contribution in [0.4, 0.5) is 4.39 Å². The predicted octanol–water partition coefficient (Wildman–Crippen LogP) is 4.08. The molecule has 3 unspecified atom stereocenters. The first-order valence-corrected chi connectivity index (χ1v) is 9.80. The van der Waals surface area contributed by atoms with E-state index in [4.69, 9.17) is 0 Å². The minimum atomic E-state index is -0.436. The van der Waals surface area contributed by atoms with E-state index >= 15 is 0 Å². The van der Waals surface area contributed by atoms with Crippen LogP contribution in [0.5, 0.6) is 0 Å². The number of nitrogens with one attached hydrogen (secondary N) is 1. The lowest BCUT2D eigenvalue weighted by molar-refractivity contribution is 0.0730. The summed E-state index contributed by atoms with van der Waals surface area (Å²) in [6.45, 7) is 0.660. The Morgan fingerprint density at radius 3 is 2.71 bits per heavy atom. The highest BCUT2D eigenvalue weighted by Gasteiger charge is 2.46. The summed E-state index contributed by atoms with van der Waals surface area (Å²) in [5, 5.41) is 0.587. The smallest absolute Gasteiger partial charge is 0.255 e. The quantitative estimate of drug-likeness (QED) is 0.733. The summed E-state index contributed by atoms with van der Waals surface area (Å²) in [6, 6.07) is 16.1. The zero-order valence-corrected chi connectivity index (χ0v) is 15.4. The minimum absolute atomic E-state index is 0.127. The molecule has 28 heavy (non-hydrogen) atoms. The number of aromatic amines is 1. The predicted molar refractivity (Wildman–Crippen MR) is 106 cm³/mol. The third-order valence-electron chi connectivity index (χ3n) is 6.37. The number of amides is 1. The van der Waals surface area contributed by atoms with Gasteiger partial charge < -0.3 is 9.88 Å². The Kier molecular flexibility index (Phi) is 4.04. The largest absolute Gasteiger partial charge is 0.335 e. The van der Waals surface area contributed by atoms with Crippen LogP contribution in [-0.4, -0.2) is 28.4 Å². The first-order valence-electron chi connectivity index (χ1n) is 9.80. The van der Waals surface area contributed by atoms with Gasteiger partial charge in [-0.2, -0.15) is 0 Å². The number of carbonyl (C=O) groups excluding carboxylic acids is 1. The van der Waals surface area contributed by atoms with Crippen LogP contribution >= 0.6 is 0 Å². The Hall–Kier alpha value is -2.95. The summed E-state index contributed by atoms with van der Waals surface area (Å²) < 4.78 is 13.6. The molecule has 0 bridgehead atoms. The van der Waals surface area contributed by atoms with Crippen molar-refractivity contribution in [1.82, 2.24) is 9.88 Å². The molecule has 5 rings (SSSR count). The fourth-order valence-electron chi connectivity index (χ4n) is 5.16. The Morgan fingerprint density at radius 2 is 1.89 bits per heavy atom. The molecule has 1 saturated carbocycles. The van der Waals surface area contributed by atoms with E-state index in [0.29, 0.717) is 34.8 Å². The Labute approximate surface area is 162 Å². The van der Waals surface area contributed by atoms with Crippen molar-refractivity contribution in [1.29, 1.82) is 0 Å². The van der Waals surface area contributed by atoms with Gasteiger partial charge in [0.1, 0.15) is 5.82 Å². The van der Waals surface area contributed by atoms with Gasteiger partial charge in [-0.15, -0.1) is 0 Å². The maximum Gasteiger partial charge on any atom is 0.255 e. The number of benzene rings is 2. The molecule has 3 atom stereocenters. The van der Waals surface area contributed by atoms with Crippen LogP contribution in [0.2, 0.25) is 0 Å². The van der Waals surface area contributed by atoms with Crippen molar-refractivity contribution in [3.63, 3.8) is 0 Å². The topological polar surface area (TPSA) is 53.2 Å². The van der Waals surface area contributed by atoms with Crippen LogP contribution in [0.15, 0.2) is 59.4 Å². The van der Waals surface area contributed by atoms with Crippen LogP contribution in [0, 0.1) is 11.7 Å². The van der Waals surface area contributed by atoms with Crippen molar-refractivity contribution in [2.24, 2.45) is 5.92 Å². The van der Waals surface area contributed by atoms with Gasteiger partial charge in [-0.1, -0.05) is 36.8 Å². The molecule has 4 nitrogen and oxygen atoms in total. The number of pyridine rings is 1. The molecule has 2 aliphatic rings. The van der Waals surface area contributed by atoms with E-state index in [-0.39, 0.29) is 17.5 Å². The van der Waals surface area contributed by atoms with Crippen LogP contribution < -0.4 is 5.56 Å². The molecule has 3 aromatic rings. The highest BCUT2D eigenvalue weighted by Crippen LogP contribution is 2.46. The Balaban J connectivity index is 1.55. The van der Waals surface area contributed by atoms with Gasteiger partial charge in [0.2, 0.25) is 5.56 Å². The lowest BCUT2D eigenvalue weighted by Gasteiger charge is -2.24. The molecule has 1 aliphatic carbocycles. The van der Waals surface area contributed by atoms with Crippen LogP contribution in [-0.2, 0) is 0 Å². The van der Waals surface area contributed by atoms with Crippen LogP contribution in [0.1, 0.15) is 41.1 Å². The van der Waals surface area contributed by atoms with Crippen molar-refractivity contribution in [2.75, 3.05) is 6.54 Å². The van der Waals surface area contributed by atoms with Crippen LogP contribution in [0.25, 0.3) is 10.9 Å². The maximum atomic E-state index is 13.6. The highest BCUT2D eigenvalue weighted by molar-refractivity contribution is 6.06. The number of aromatic nitrogens is 1. The normalized spacial score (nSPS) is 23.9. The van der Waals surface area contributed by atoms with E-state index in [9.17, 15) is 14.0 Å². The van der Waals surface area contributed by atoms with E-state index < -0.39 is 5.82 Å². The van der Waals surface area contributed by atoms with Gasteiger partial charge in [-0.05, 0) is 42.5 Å². The van der Waals surface area contributed by atoms with Crippen LogP contribution in [0.3, 0.4) is 0 Å². The standard InChI is InChI=1S/C23H21FN2O2/c24-15-9-10-16-18(12-22(27)25-20(16)11-15)23(28)26-13-19(14-5-2-1-3-6-14)17-7-4-8-21(17)26/h1-3,5-6,9-12,17,19,21H,4,7-8,13H2,(H,25,27).